The third kappa shape index (κ3) is 4.57. The fraction of sp³-hybridized carbons (Fsp3) is 0.263. The fourth-order valence-corrected chi connectivity index (χ4v) is 2.80. The molecule has 0 bridgehead atoms. The summed E-state index contributed by atoms with van der Waals surface area (Å²) in [7, 11) is 0. The molecule has 0 aromatic heterocycles. The van der Waals surface area contributed by atoms with Gasteiger partial charge in [-0.3, -0.25) is 9.59 Å². The lowest BCUT2D eigenvalue weighted by atomic mass is 10.2. The molecule has 25 heavy (non-hydrogen) atoms. The second kappa shape index (κ2) is 7.66. The number of nitrogens with one attached hydrogen (secondary N) is 1. The van der Waals surface area contributed by atoms with Crippen LogP contribution in [0.1, 0.15) is 28.8 Å². The minimum absolute atomic E-state index is 0.121. The summed E-state index contributed by atoms with van der Waals surface area (Å²) in [6, 6.07) is 13.1. The number of amides is 2. The lowest BCUT2D eigenvalue weighted by molar-refractivity contribution is -0.131. The fourth-order valence-electron chi connectivity index (χ4n) is 2.61. The van der Waals surface area contributed by atoms with Crippen LogP contribution in [0.15, 0.2) is 48.5 Å². The van der Waals surface area contributed by atoms with E-state index in [9.17, 15) is 14.0 Å². The molecule has 0 unspecified atom stereocenters. The molecule has 2 aromatic rings. The summed E-state index contributed by atoms with van der Waals surface area (Å²) in [5.41, 5.74) is 0.872. The maximum Gasteiger partial charge on any atom is 0.251 e. The lowest BCUT2D eigenvalue weighted by Crippen LogP contribution is -2.41. The highest BCUT2D eigenvalue weighted by Crippen LogP contribution is 2.28. The van der Waals surface area contributed by atoms with Crippen molar-refractivity contribution >= 4 is 23.4 Å². The first-order chi connectivity index (χ1) is 12.0. The summed E-state index contributed by atoms with van der Waals surface area (Å²) >= 11 is 5.87. The second-order valence-corrected chi connectivity index (χ2v) is 6.47. The van der Waals surface area contributed by atoms with Crippen LogP contribution in [0.4, 0.5) is 4.39 Å². The summed E-state index contributed by atoms with van der Waals surface area (Å²) in [5, 5.41) is 3.06. The van der Waals surface area contributed by atoms with Crippen molar-refractivity contribution in [2.24, 2.45) is 0 Å². The first-order valence-electron chi connectivity index (χ1n) is 8.11. The highest BCUT2D eigenvalue weighted by molar-refractivity contribution is 6.30. The smallest absolute Gasteiger partial charge is 0.251 e. The number of hydrogen-bond donors (Lipinski definition) is 1. The number of carbonyl (C=O) groups excluding carboxylic acids is 2. The molecular formula is C19H18ClFN2O2. The molecule has 3 rings (SSSR count). The van der Waals surface area contributed by atoms with E-state index in [1.165, 1.54) is 6.07 Å². The predicted octanol–water partition coefficient (Wildman–Crippen LogP) is 3.40. The Bertz CT molecular complexity index is 792. The van der Waals surface area contributed by atoms with E-state index in [0.29, 0.717) is 16.1 Å². The Morgan fingerprint density at radius 2 is 1.92 bits per heavy atom. The molecule has 0 radical (unpaired) electrons. The van der Waals surface area contributed by atoms with Gasteiger partial charge < -0.3 is 10.2 Å². The van der Waals surface area contributed by atoms with Crippen molar-refractivity contribution < 1.29 is 14.0 Å². The normalized spacial score (nSPS) is 13.4. The Balaban J connectivity index is 1.62. The number of nitrogens with zero attached hydrogens (tertiary/aromatic N) is 1. The Labute approximate surface area is 150 Å². The minimum atomic E-state index is -0.363. The largest absolute Gasteiger partial charge is 0.343 e. The van der Waals surface area contributed by atoms with Crippen LogP contribution in [-0.4, -0.2) is 29.3 Å². The molecule has 1 fully saturated rings. The van der Waals surface area contributed by atoms with Gasteiger partial charge >= 0.3 is 0 Å². The zero-order valence-corrected chi connectivity index (χ0v) is 14.3. The summed E-state index contributed by atoms with van der Waals surface area (Å²) in [4.78, 5) is 26.3. The van der Waals surface area contributed by atoms with E-state index in [4.69, 9.17) is 11.6 Å². The van der Waals surface area contributed by atoms with E-state index in [1.807, 2.05) is 0 Å². The standard InChI is InChI=1S/C19H18ClFN2O2/c20-15-6-3-5-13(10-15)19(25)22-11-18(24)23(16-8-9-16)12-14-4-1-2-7-17(14)21/h1-7,10,16H,8-9,11-12H2,(H,22,25). The molecule has 1 aliphatic carbocycles. The van der Waals surface area contributed by atoms with Crippen LogP contribution in [0, 0.1) is 5.82 Å². The van der Waals surface area contributed by atoms with Gasteiger partial charge in [-0.05, 0) is 37.1 Å². The molecule has 1 N–H and O–H groups in total. The molecule has 0 saturated heterocycles. The number of benzene rings is 2. The summed E-state index contributed by atoms with van der Waals surface area (Å²) in [5.74, 6) is -0.914. The maximum absolute atomic E-state index is 13.9. The predicted molar refractivity (Wildman–Crippen MR) is 93.8 cm³/mol. The Morgan fingerprint density at radius 3 is 2.60 bits per heavy atom. The number of carbonyl (C=O) groups is 2. The summed E-state index contributed by atoms with van der Waals surface area (Å²) < 4.78 is 13.9. The molecule has 2 aromatic carbocycles. The van der Waals surface area contributed by atoms with Gasteiger partial charge in [-0.2, -0.15) is 0 Å². The van der Waals surface area contributed by atoms with Gasteiger partial charge in [0.15, 0.2) is 0 Å². The molecular weight excluding hydrogens is 343 g/mol. The average Bonchev–Trinajstić information content (AvgIpc) is 3.43. The number of rotatable bonds is 6. The topological polar surface area (TPSA) is 49.4 Å². The van der Waals surface area contributed by atoms with Crippen molar-refractivity contribution in [3.63, 3.8) is 0 Å². The van der Waals surface area contributed by atoms with Gasteiger partial charge in [-0.15, -0.1) is 0 Å². The molecule has 4 nitrogen and oxygen atoms in total. The van der Waals surface area contributed by atoms with Crippen LogP contribution in [0.25, 0.3) is 0 Å². The van der Waals surface area contributed by atoms with E-state index in [-0.39, 0.29) is 36.8 Å². The van der Waals surface area contributed by atoms with Crippen LogP contribution >= 0.6 is 11.6 Å². The van der Waals surface area contributed by atoms with Crippen LogP contribution in [0.2, 0.25) is 5.02 Å². The molecule has 1 saturated carbocycles. The van der Waals surface area contributed by atoms with Crippen molar-refractivity contribution in [3.05, 3.63) is 70.5 Å². The zero-order valence-electron chi connectivity index (χ0n) is 13.5. The molecule has 6 heteroatoms. The average molecular weight is 361 g/mol. The quantitative estimate of drug-likeness (QED) is 0.858. The van der Waals surface area contributed by atoms with Crippen molar-refractivity contribution in [2.75, 3.05) is 6.54 Å². The van der Waals surface area contributed by atoms with Gasteiger partial charge in [-0.1, -0.05) is 35.9 Å². The van der Waals surface area contributed by atoms with Crippen molar-refractivity contribution in [1.29, 1.82) is 0 Å². The molecule has 1 aliphatic rings. The molecule has 0 atom stereocenters. The monoisotopic (exact) mass is 360 g/mol. The van der Waals surface area contributed by atoms with Gasteiger partial charge in [0.1, 0.15) is 5.82 Å². The Morgan fingerprint density at radius 1 is 1.16 bits per heavy atom. The van der Waals surface area contributed by atoms with E-state index in [0.717, 1.165) is 12.8 Å². The molecule has 0 aliphatic heterocycles. The highest BCUT2D eigenvalue weighted by atomic mass is 35.5. The number of halogens is 2. The van der Waals surface area contributed by atoms with E-state index < -0.39 is 0 Å². The first-order valence-corrected chi connectivity index (χ1v) is 8.49. The van der Waals surface area contributed by atoms with Crippen LogP contribution in [0.3, 0.4) is 0 Å². The second-order valence-electron chi connectivity index (χ2n) is 6.04. The van der Waals surface area contributed by atoms with Gasteiger partial charge in [0.25, 0.3) is 5.91 Å². The molecule has 0 heterocycles. The third-order valence-corrected chi connectivity index (χ3v) is 4.33. The van der Waals surface area contributed by atoms with Crippen molar-refractivity contribution in [2.45, 2.75) is 25.4 Å². The molecule has 2 amide bonds. The zero-order chi connectivity index (χ0) is 17.8. The van der Waals surface area contributed by atoms with Crippen LogP contribution < -0.4 is 5.32 Å². The van der Waals surface area contributed by atoms with E-state index in [1.54, 1.807) is 47.4 Å². The highest BCUT2D eigenvalue weighted by Gasteiger charge is 2.32. The van der Waals surface area contributed by atoms with Crippen LogP contribution in [0.5, 0.6) is 0 Å². The summed E-state index contributed by atoms with van der Waals surface area (Å²) in [6.45, 7) is 0.0828. The molecule has 130 valence electrons. The first kappa shape index (κ1) is 17.4. The lowest BCUT2D eigenvalue weighted by Gasteiger charge is -2.23. The Hall–Kier alpha value is -2.40. The third-order valence-electron chi connectivity index (χ3n) is 4.09. The Kier molecular flexibility index (Phi) is 5.34. The van der Waals surface area contributed by atoms with Crippen molar-refractivity contribution in [3.8, 4) is 0 Å². The maximum atomic E-state index is 13.9. The minimum Gasteiger partial charge on any atom is -0.343 e. The number of hydrogen-bond acceptors (Lipinski definition) is 2. The molecule has 0 spiro atoms. The summed E-state index contributed by atoms with van der Waals surface area (Å²) in [6.07, 6.45) is 1.81. The van der Waals surface area contributed by atoms with Crippen LogP contribution in [-0.2, 0) is 11.3 Å². The van der Waals surface area contributed by atoms with E-state index in [2.05, 4.69) is 5.32 Å². The van der Waals surface area contributed by atoms with Gasteiger partial charge in [0.05, 0.1) is 6.54 Å². The van der Waals surface area contributed by atoms with Crippen molar-refractivity contribution in [1.82, 2.24) is 10.2 Å². The SMILES string of the molecule is O=C(NCC(=O)N(Cc1ccccc1F)C1CC1)c1cccc(Cl)c1. The van der Waals surface area contributed by atoms with Gasteiger partial charge in [0, 0.05) is 28.7 Å². The van der Waals surface area contributed by atoms with Gasteiger partial charge in [-0.25, -0.2) is 4.39 Å². The van der Waals surface area contributed by atoms with E-state index >= 15 is 0 Å². The van der Waals surface area contributed by atoms with Gasteiger partial charge in [0.2, 0.25) is 5.91 Å².